The zero-order chi connectivity index (χ0) is 18.1. The molecule has 0 saturated carbocycles. The Hall–Kier alpha value is -2.45. The lowest BCUT2D eigenvalue weighted by atomic mass is 10.1. The van der Waals surface area contributed by atoms with Crippen LogP contribution >= 0.6 is 34.2 Å². The number of carbonyl (C=O) groups excluding carboxylic acids is 1. The van der Waals surface area contributed by atoms with Gasteiger partial charge in [0.2, 0.25) is 5.89 Å². The van der Waals surface area contributed by atoms with Gasteiger partial charge in [0, 0.05) is 20.9 Å². The molecule has 128 valence electrons. The third-order valence-corrected chi connectivity index (χ3v) is 4.71. The smallest absolute Gasteiger partial charge is 0.255 e. The summed E-state index contributed by atoms with van der Waals surface area (Å²) >= 11 is 8.41. The van der Waals surface area contributed by atoms with E-state index in [4.69, 9.17) is 16.0 Å². The maximum absolute atomic E-state index is 12.5. The van der Waals surface area contributed by atoms with Crippen molar-refractivity contribution in [3.05, 3.63) is 75.0 Å². The van der Waals surface area contributed by atoms with Crippen LogP contribution in [-0.4, -0.2) is 15.9 Å². The zero-order valence-corrected chi connectivity index (χ0v) is 16.2. The summed E-state index contributed by atoms with van der Waals surface area (Å²) in [5.41, 5.74) is 2.88. The Morgan fingerprint density at radius 2 is 2.00 bits per heavy atom. The lowest BCUT2D eigenvalue weighted by Crippen LogP contribution is -2.12. The second-order valence-corrected chi connectivity index (χ2v) is 7.16. The van der Waals surface area contributed by atoms with E-state index in [1.54, 1.807) is 48.7 Å². The number of amides is 1. The van der Waals surface area contributed by atoms with E-state index in [1.807, 2.05) is 12.1 Å². The molecule has 2 aromatic heterocycles. The second-order valence-electron chi connectivity index (χ2n) is 5.50. The van der Waals surface area contributed by atoms with Gasteiger partial charge >= 0.3 is 0 Å². The number of rotatable bonds is 3. The summed E-state index contributed by atoms with van der Waals surface area (Å²) in [6, 6.07) is 16.1. The molecule has 7 heteroatoms. The van der Waals surface area contributed by atoms with Gasteiger partial charge < -0.3 is 9.73 Å². The van der Waals surface area contributed by atoms with Gasteiger partial charge in [-0.25, -0.2) is 4.98 Å². The maximum Gasteiger partial charge on any atom is 0.255 e. The van der Waals surface area contributed by atoms with Gasteiger partial charge in [-0.05, 0) is 71.1 Å². The molecule has 0 aliphatic heterocycles. The molecule has 0 aliphatic rings. The highest BCUT2D eigenvalue weighted by atomic mass is 127. The van der Waals surface area contributed by atoms with E-state index in [0.717, 1.165) is 3.57 Å². The molecular formula is C19H11ClIN3O2. The number of aromatic nitrogens is 2. The number of fused-ring (bicyclic) bond motifs is 1. The van der Waals surface area contributed by atoms with Crippen molar-refractivity contribution in [2.75, 3.05) is 5.32 Å². The highest BCUT2D eigenvalue weighted by Gasteiger charge is 2.13. The van der Waals surface area contributed by atoms with Crippen LogP contribution in [0.1, 0.15) is 10.4 Å². The molecule has 0 bridgehead atoms. The second kappa shape index (κ2) is 7.05. The van der Waals surface area contributed by atoms with Crippen LogP contribution in [0.4, 0.5) is 5.69 Å². The highest BCUT2D eigenvalue weighted by Crippen LogP contribution is 2.30. The number of halogens is 2. The predicted octanol–water partition coefficient (Wildman–Crippen LogP) is 5.40. The maximum atomic E-state index is 12.5. The number of nitrogens with one attached hydrogen (secondary N) is 1. The topological polar surface area (TPSA) is 68.0 Å². The molecule has 2 heterocycles. The quantitative estimate of drug-likeness (QED) is 0.403. The van der Waals surface area contributed by atoms with E-state index in [1.165, 1.54) is 0 Å². The molecule has 0 aliphatic carbocycles. The number of pyridine rings is 1. The molecule has 2 aromatic carbocycles. The number of oxazole rings is 1. The van der Waals surface area contributed by atoms with Crippen molar-refractivity contribution in [1.82, 2.24) is 9.97 Å². The first-order chi connectivity index (χ1) is 12.6. The minimum absolute atomic E-state index is 0.234. The monoisotopic (exact) mass is 475 g/mol. The Balaban J connectivity index is 1.67. The van der Waals surface area contributed by atoms with Gasteiger partial charge in [-0.3, -0.25) is 4.79 Å². The largest absolute Gasteiger partial charge is 0.434 e. The minimum atomic E-state index is -0.234. The average molecular weight is 476 g/mol. The van der Waals surface area contributed by atoms with Crippen molar-refractivity contribution < 1.29 is 9.21 Å². The van der Waals surface area contributed by atoms with Gasteiger partial charge in [0.1, 0.15) is 0 Å². The highest BCUT2D eigenvalue weighted by molar-refractivity contribution is 14.1. The fourth-order valence-corrected chi connectivity index (χ4v) is 3.18. The lowest BCUT2D eigenvalue weighted by Gasteiger charge is -2.09. The molecule has 0 radical (unpaired) electrons. The van der Waals surface area contributed by atoms with Crippen molar-refractivity contribution in [3.8, 4) is 11.5 Å². The summed E-state index contributed by atoms with van der Waals surface area (Å²) in [5.74, 6) is 0.182. The Bertz CT molecular complexity index is 1090. The van der Waals surface area contributed by atoms with Crippen LogP contribution in [0.3, 0.4) is 0 Å². The van der Waals surface area contributed by atoms with Crippen molar-refractivity contribution in [3.63, 3.8) is 0 Å². The number of benzene rings is 2. The summed E-state index contributed by atoms with van der Waals surface area (Å²) < 4.78 is 6.70. The van der Waals surface area contributed by atoms with Gasteiger partial charge in [-0.15, -0.1) is 0 Å². The van der Waals surface area contributed by atoms with Crippen molar-refractivity contribution in [2.24, 2.45) is 0 Å². The van der Waals surface area contributed by atoms with Crippen LogP contribution in [0.25, 0.3) is 22.7 Å². The van der Waals surface area contributed by atoms with Crippen molar-refractivity contribution in [1.29, 1.82) is 0 Å². The van der Waals surface area contributed by atoms with Gasteiger partial charge in [0.25, 0.3) is 5.91 Å². The van der Waals surface area contributed by atoms with Gasteiger partial charge in [0.15, 0.2) is 11.2 Å². The SMILES string of the molecule is O=C(Nc1cc(-c2nc3ncccc3o2)ccc1Cl)c1cccc(I)c1. The zero-order valence-electron chi connectivity index (χ0n) is 13.2. The first-order valence-electron chi connectivity index (χ1n) is 7.68. The molecule has 0 saturated heterocycles. The number of hydrogen-bond acceptors (Lipinski definition) is 4. The van der Waals surface area contributed by atoms with E-state index >= 15 is 0 Å². The van der Waals surface area contributed by atoms with E-state index in [2.05, 4.69) is 37.9 Å². The van der Waals surface area contributed by atoms with Gasteiger partial charge in [-0.1, -0.05) is 17.7 Å². The average Bonchev–Trinajstić information content (AvgIpc) is 3.07. The van der Waals surface area contributed by atoms with E-state index in [-0.39, 0.29) is 5.91 Å². The summed E-state index contributed by atoms with van der Waals surface area (Å²) in [6.07, 6.45) is 1.66. The number of hydrogen-bond donors (Lipinski definition) is 1. The Kier molecular flexibility index (Phi) is 4.60. The number of carbonyl (C=O) groups is 1. The molecule has 0 fully saturated rings. The van der Waals surface area contributed by atoms with E-state index < -0.39 is 0 Å². The summed E-state index contributed by atoms with van der Waals surface area (Å²) in [5, 5.41) is 3.27. The molecule has 1 amide bonds. The Morgan fingerprint density at radius 1 is 1.12 bits per heavy atom. The standard InChI is InChI=1S/C19H11ClIN3O2/c20-14-7-6-12(19-24-17-16(26-19)5-2-8-22-17)10-15(14)23-18(25)11-3-1-4-13(21)9-11/h1-10H,(H,23,25). The van der Waals surface area contributed by atoms with Crippen molar-refractivity contribution >= 4 is 57.0 Å². The number of anilines is 1. The summed E-state index contributed by atoms with van der Waals surface area (Å²) in [4.78, 5) is 21.0. The third-order valence-electron chi connectivity index (χ3n) is 3.71. The van der Waals surface area contributed by atoms with Crippen LogP contribution in [0, 0.1) is 3.57 Å². The molecule has 5 nitrogen and oxygen atoms in total. The van der Waals surface area contributed by atoms with Crippen LogP contribution in [0.2, 0.25) is 5.02 Å². The molecule has 0 atom stereocenters. The fraction of sp³-hybridized carbons (Fsp3) is 0. The van der Waals surface area contributed by atoms with Crippen LogP contribution in [0.5, 0.6) is 0 Å². The van der Waals surface area contributed by atoms with Gasteiger partial charge in [0.05, 0.1) is 10.7 Å². The molecule has 0 unspecified atom stereocenters. The number of nitrogens with zero attached hydrogens (tertiary/aromatic N) is 2. The van der Waals surface area contributed by atoms with Gasteiger partial charge in [-0.2, -0.15) is 4.98 Å². The predicted molar refractivity (Wildman–Crippen MR) is 109 cm³/mol. The van der Waals surface area contributed by atoms with E-state index in [0.29, 0.717) is 39.0 Å². The molecule has 4 rings (SSSR count). The van der Waals surface area contributed by atoms with E-state index in [9.17, 15) is 4.79 Å². The first kappa shape index (κ1) is 17.0. The first-order valence-corrected chi connectivity index (χ1v) is 9.14. The molecule has 1 N–H and O–H groups in total. The summed E-state index contributed by atoms with van der Waals surface area (Å²) in [7, 11) is 0. The van der Waals surface area contributed by atoms with Crippen LogP contribution in [0.15, 0.2) is 65.2 Å². The Morgan fingerprint density at radius 3 is 2.81 bits per heavy atom. The summed E-state index contributed by atoms with van der Waals surface area (Å²) in [6.45, 7) is 0. The van der Waals surface area contributed by atoms with Crippen LogP contribution in [-0.2, 0) is 0 Å². The minimum Gasteiger partial charge on any atom is -0.434 e. The molecule has 4 aromatic rings. The normalized spacial score (nSPS) is 10.8. The molecule has 0 spiro atoms. The van der Waals surface area contributed by atoms with Crippen LogP contribution < -0.4 is 5.32 Å². The fourth-order valence-electron chi connectivity index (χ4n) is 2.47. The molecule has 26 heavy (non-hydrogen) atoms. The Labute approximate surface area is 167 Å². The third kappa shape index (κ3) is 3.42. The molecular weight excluding hydrogens is 465 g/mol. The van der Waals surface area contributed by atoms with Crippen molar-refractivity contribution in [2.45, 2.75) is 0 Å². The lowest BCUT2D eigenvalue weighted by molar-refractivity contribution is 0.102.